The van der Waals surface area contributed by atoms with Crippen LogP contribution in [0, 0.1) is 13.8 Å². The lowest BCUT2D eigenvalue weighted by Crippen LogP contribution is -2.23. The molecule has 0 bridgehead atoms. The number of anilines is 1. The third-order valence-electron chi connectivity index (χ3n) is 5.25. The molecule has 1 amide bonds. The molecule has 1 aliphatic rings. The first-order valence-electron chi connectivity index (χ1n) is 10.2. The van der Waals surface area contributed by atoms with Crippen LogP contribution < -0.4 is 19.5 Å². The lowest BCUT2D eigenvalue weighted by atomic mass is 10.1. The van der Waals surface area contributed by atoms with Crippen LogP contribution in [-0.2, 0) is 16.6 Å². The van der Waals surface area contributed by atoms with E-state index in [1.165, 1.54) is 24.3 Å². The van der Waals surface area contributed by atoms with Crippen LogP contribution in [0.4, 0.5) is 5.69 Å². The second-order valence-electron chi connectivity index (χ2n) is 7.59. The van der Waals surface area contributed by atoms with Gasteiger partial charge in [-0.2, -0.15) is 0 Å². The van der Waals surface area contributed by atoms with Crippen molar-refractivity contribution >= 4 is 21.6 Å². The van der Waals surface area contributed by atoms with Crippen molar-refractivity contribution in [2.45, 2.75) is 25.3 Å². The van der Waals surface area contributed by atoms with Crippen molar-refractivity contribution in [2.75, 3.05) is 17.9 Å². The lowest BCUT2D eigenvalue weighted by Gasteiger charge is -2.19. The third kappa shape index (κ3) is 4.86. The Morgan fingerprint density at radius 2 is 1.59 bits per heavy atom. The molecule has 32 heavy (non-hydrogen) atoms. The van der Waals surface area contributed by atoms with E-state index < -0.39 is 10.0 Å². The van der Waals surface area contributed by atoms with Gasteiger partial charge in [0.05, 0.1) is 4.90 Å². The number of benzene rings is 3. The molecule has 0 aromatic heterocycles. The standard InChI is InChI=1S/C24H24N2O5S/c1-16-3-7-20(13-17(16)2)26-32(28,29)21-8-5-19(6-9-21)24(27)25-15-18-4-10-22-23(14-18)31-12-11-30-22/h3-10,13-14,26H,11-12,15H2,1-2H3,(H,25,27). The zero-order chi connectivity index (χ0) is 22.7. The van der Waals surface area contributed by atoms with E-state index in [2.05, 4.69) is 10.0 Å². The molecule has 0 fully saturated rings. The lowest BCUT2D eigenvalue weighted by molar-refractivity contribution is 0.0950. The van der Waals surface area contributed by atoms with Crippen molar-refractivity contribution in [3.05, 3.63) is 82.9 Å². The topological polar surface area (TPSA) is 93.7 Å². The predicted octanol–water partition coefficient (Wildman–Crippen LogP) is 3.81. The number of sulfonamides is 1. The molecule has 0 atom stereocenters. The summed E-state index contributed by atoms with van der Waals surface area (Å²) in [6.45, 7) is 5.21. The van der Waals surface area contributed by atoms with Crippen LogP contribution in [0.25, 0.3) is 0 Å². The third-order valence-corrected chi connectivity index (χ3v) is 6.64. The Bertz CT molecular complexity index is 1250. The number of fused-ring (bicyclic) bond motifs is 1. The molecule has 166 valence electrons. The Morgan fingerprint density at radius 3 is 2.31 bits per heavy atom. The number of hydrogen-bond donors (Lipinski definition) is 2. The fourth-order valence-corrected chi connectivity index (χ4v) is 4.34. The monoisotopic (exact) mass is 452 g/mol. The molecule has 7 nitrogen and oxygen atoms in total. The van der Waals surface area contributed by atoms with Crippen LogP contribution in [0.3, 0.4) is 0 Å². The molecule has 8 heteroatoms. The maximum atomic E-state index is 12.7. The van der Waals surface area contributed by atoms with Crippen molar-refractivity contribution in [3.63, 3.8) is 0 Å². The van der Waals surface area contributed by atoms with Gasteiger partial charge in [0.15, 0.2) is 11.5 Å². The summed E-state index contributed by atoms with van der Waals surface area (Å²) in [6, 6.07) is 16.7. The Hall–Kier alpha value is -3.52. The highest BCUT2D eigenvalue weighted by atomic mass is 32.2. The molecule has 0 radical (unpaired) electrons. The van der Waals surface area contributed by atoms with Gasteiger partial charge in [0.2, 0.25) is 0 Å². The van der Waals surface area contributed by atoms with Crippen molar-refractivity contribution in [3.8, 4) is 11.5 Å². The minimum Gasteiger partial charge on any atom is -0.486 e. The maximum absolute atomic E-state index is 12.7. The highest BCUT2D eigenvalue weighted by Crippen LogP contribution is 2.30. The minimum atomic E-state index is -3.76. The quantitative estimate of drug-likeness (QED) is 0.593. The molecular weight excluding hydrogens is 428 g/mol. The van der Waals surface area contributed by atoms with E-state index in [1.54, 1.807) is 12.1 Å². The first-order chi connectivity index (χ1) is 15.3. The molecule has 1 aliphatic heterocycles. The van der Waals surface area contributed by atoms with Gasteiger partial charge in [0.25, 0.3) is 15.9 Å². The number of carbonyl (C=O) groups excluding carboxylic acids is 1. The van der Waals surface area contributed by atoms with E-state index in [4.69, 9.17) is 9.47 Å². The SMILES string of the molecule is Cc1ccc(NS(=O)(=O)c2ccc(C(=O)NCc3ccc4c(c3)OCCO4)cc2)cc1C. The fraction of sp³-hybridized carbons (Fsp3) is 0.208. The van der Waals surface area contributed by atoms with Crippen LogP contribution in [0.15, 0.2) is 65.6 Å². The normalized spacial score (nSPS) is 12.8. The number of rotatable bonds is 6. The largest absolute Gasteiger partial charge is 0.486 e. The van der Waals surface area contributed by atoms with Crippen LogP contribution >= 0.6 is 0 Å². The van der Waals surface area contributed by atoms with Gasteiger partial charge in [0.1, 0.15) is 13.2 Å². The van der Waals surface area contributed by atoms with E-state index in [0.29, 0.717) is 42.5 Å². The van der Waals surface area contributed by atoms with Crippen molar-refractivity contribution in [1.82, 2.24) is 5.32 Å². The van der Waals surface area contributed by atoms with Gasteiger partial charge in [-0.15, -0.1) is 0 Å². The van der Waals surface area contributed by atoms with E-state index >= 15 is 0 Å². The van der Waals surface area contributed by atoms with E-state index in [9.17, 15) is 13.2 Å². The van der Waals surface area contributed by atoms with Gasteiger partial charge < -0.3 is 14.8 Å². The number of ether oxygens (including phenoxy) is 2. The van der Waals surface area contributed by atoms with Gasteiger partial charge in [0, 0.05) is 17.8 Å². The van der Waals surface area contributed by atoms with E-state index in [1.807, 2.05) is 38.1 Å². The van der Waals surface area contributed by atoms with Crippen LogP contribution in [0.2, 0.25) is 0 Å². The molecule has 4 rings (SSSR count). The maximum Gasteiger partial charge on any atom is 0.261 e. The zero-order valence-electron chi connectivity index (χ0n) is 17.8. The molecule has 0 aliphatic carbocycles. The average Bonchev–Trinajstić information content (AvgIpc) is 2.79. The van der Waals surface area contributed by atoms with Crippen LogP contribution in [0.5, 0.6) is 11.5 Å². The van der Waals surface area contributed by atoms with Gasteiger partial charge in [-0.3, -0.25) is 9.52 Å². The summed E-state index contributed by atoms with van der Waals surface area (Å²) in [5.41, 5.74) is 3.82. The number of hydrogen-bond acceptors (Lipinski definition) is 5. The molecule has 3 aromatic carbocycles. The Morgan fingerprint density at radius 1 is 0.875 bits per heavy atom. The highest BCUT2D eigenvalue weighted by molar-refractivity contribution is 7.92. The summed E-state index contributed by atoms with van der Waals surface area (Å²) in [5.74, 6) is 1.05. The fourth-order valence-electron chi connectivity index (χ4n) is 3.29. The van der Waals surface area contributed by atoms with Crippen LogP contribution in [0.1, 0.15) is 27.0 Å². The average molecular weight is 453 g/mol. The predicted molar refractivity (Wildman–Crippen MR) is 122 cm³/mol. The van der Waals surface area contributed by atoms with Gasteiger partial charge >= 0.3 is 0 Å². The molecule has 0 saturated heterocycles. The molecule has 1 heterocycles. The summed E-state index contributed by atoms with van der Waals surface area (Å²) < 4.78 is 39.0. The molecule has 0 saturated carbocycles. The number of nitrogens with one attached hydrogen (secondary N) is 2. The Labute approximate surface area is 187 Å². The number of aryl methyl sites for hydroxylation is 2. The van der Waals surface area contributed by atoms with Crippen LogP contribution in [-0.4, -0.2) is 27.5 Å². The molecule has 3 aromatic rings. The van der Waals surface area contributed by atoms with Gasteiger partial charge in [-0.25, -0.2) is 8.42 Å². The number of amides is 1. The van der Waals surface area contributed by atoms with E-state index in [0.717, 1.165) is 16.7 Å². The summed E-state index contributed by atoms with van der Waals surface area (Å²) in [7, 11) is -3.76. The number of carbonyl (C=O) groups is 1. The molecule has 0 unspecified atom stereocenters. The second kappa shape index (κ2) is 8.92. The first kappa shape index (κ1) is 21.7. The Balaban J connectivity index is 1.40. The molecule has 2 N–H and O–H groups in total. The van der Waals surface area contributed by atoms with Crippen molar-refractivity contribution < 1.29 is 22.7 Å². The van der Waals surface area contributed by atoms with Gasteiger partial charge in [-0.1, -0.05) is 12.1 Å². The summed E-state index contributed by atoms with van der Waals surface area (Å²) in [6.07, 6.45) is 0. The molecular formula is C24H24N2O5S. The zero-order valence-corrected chi connectivity index (χ0v) is 18.7. The summed E-state index contributed by atoms with van der Waals surface area (Å²) >= 11 is 0. The second-order valence-corrected chi connectivity index (χ2v) is 9.27. The summed E-state index contributed by atoms with van der Waals surface area (Å²) in [4.78, 5) is 12.6. The molecule has 0 spiro atoms. The Kier molecular flexibility index (Phi) is 6.05. The van der Waals surface area contributed by atoms with Gasteiger partial charge in [-0.05, 0) is 79.1 Å². The minimum absolute atomic E-state index is 0.0825. The van der Waals surface area contributed by atoms with Crippen molar-refractivity contribution in [2.24, 2.45) is 0 Å². The van der Waals surface area contributed by atoms with E-state index in [-0.39, 0.29) is 10.8 Å². The summed E-state index contributed by atoms with van der Waals surface area (Å²) in [5, 5.41) is 2.83. The smallest absolute Gasteiger partial charge is 0.261 e. The highest BCUT2D eigenvalue weighted by Gasteiger charge is 2.16. The first-order valence-corrected chi connectivity index (χ1v) is 11.7. The van der Waals surface area contributed by atoms with Crippen molar-refractivity contribution in [1.29, 1.82) is 0 Å².